The number of benzene rings is 2. The maximum Gasteiger partial charge on any atom is 0.415 e. The number of urea groups is 1. The van der Waals surface area contributed by atoms with Crippen molar-refractivity contribution < 1.29 is 23.5 Å². The molecule has 1 atom stereocenters. The molecule has 0 saturated carbocycles. The third-order valence-corrected chi connectivity index (χ3v) is 5.33. The molecule has 0 radical (unpaired) electrons. The van der Waals surface area contributed by atoms with Gasteiger partial charge in [0.05, 0.1) is 0 Å². The van der Waals surface area contributed by atoms with Crippen molar-refractivity contribution in [2.45, 2.75) is 38.2 Å². The number of hydrogen-bond acceptors (Lipinski definition) is 2. The third kappa shape index (κ3) is 4.39. The molecule has 2 aromatic carbocycles. The van der Waals surface area contributed by atoms with Gasteiger partial charge in [0.25, 0.3) is 5.92 Å². The lowest BCUT2D eigenvalue weighted by atomic mass is 9.97. The second-order valence-corrected chi connectivity index (χ2v) is 7.23. The van der Waals surface area contributed by atoms with Crippen molar-refractivity contribution in [3.05, 3.63) is 60.2 Å². The number of halogens is 2. The number of nitrogens with zero attached hydrogens (tertiary/aromatic N) is 2. The smallest absolute Gasteiger partial charge is 0.415 e. The van der Waals surface area contributed by atoms with Crippen LogP contribution in [0.15, 0.2) is 54.6 Å². The summed E-state index contributed by atoms with van der Waals surface area (Å²) in [6.45, 7) is 1.83. The molecule has 0 aromatic heterocycles. The topological polar surface area (TPSA) is 60.9 Å². The van der Waals surface area contributed by atoms with Crippen LogP contribution < -0.4 is 0 Å². The Balaban J connectivity index is 1.83. The lowest BCUT2D eigenvalue weighted by Crippen LogP contribution is -2.55. The first-order valence-corrected chi connectivity index (χ1v) is 9.67. The van der Waals surface area contributed by atoms with E-state index in [1.165, 1.54) is 17.0 Å². The molecule has 29 heavy (non-hydrogen) atoms. The van der Waals surface area contributed by atoms with Crippen LogP contribution in [0, 0.1) is 0 Å². The number of carboxylic acid groups (broad SMARTS) is 1. The first-order chi connectivity index (χ1) is 13.8. The number of alkyl halides is 2. The Morgan fingerprint density at radius 2 is 1.52 bits per heavy atom. The van der Waals surface area contributed by atoms with Crippen molar-refractivity contribution in [1.29, 1.82) is 0 Å². The van der Waals surface area contributed by atoms with Gasteiger partial charge in [0.1, 0.15) is 6.04 Å². The molecule has 3 amide bonds. The third-order valence-electron chi connectivity index (χ3n) is 5.33. The Hall–Kier alpha value is -2.96. The van der Waals surface area contributed by atoms with Crippen LogP contribution in [0.5, 0.6) is 0 Å². The molecule has 1 aliphatic heterocycles. The number of carbonyl (C=O) groups excluding carboxylic acids is 1. The molecular formula is C22H24F2N2O3. The number of piperidine rings is 1. The highest BCUT2D eigenvalue weighted by atomic mass is 19.3. The summed E-state index contributed by atoms with van der Waals surface area (Å²) in [6, 6.07) is 12.3. The van der Waals surface area contributed by atoms with E-state index in [2.05, 4.69) is 0 Å². The summed E-state index contributed by atoms with van der Waals surface area (Å²) in [4.78, 5) is 25.9. The van der Waals surface area contributed by atoms with Crippen LogP contribution in [0.1, 0.15) is 31.7 Å². The molecule has 0 spiro atoms. The van der Waals surface area contributed by atoms with Gasteiger partial charge in [0.2, 0.25) is 0 Å². The summed E-state index contributed by atoms with van der Waals surface area (Å²) in [7, 11) is 0. The van der Waals surface area contributed by atoms with E-state index in [0.717, 1.165) is 37.3 Å². The van der Waals surface area contributed by atoms with Crippen LogP contribution in [-0.2, 0) is 5.92 Å². The van der Waals surface area contributed by atoms with Gasteiger partial charge in [-0.1, -0.05) is 54.6 Å². The molecule has 2 aromatic rings. The lowest BCUT2D eigenvalue weighted by molar-refractivity contribution is -0.0672. The highest BCUT2D eigenvalue weighted by molar-refractivity contribution is 5.90. The maximum absolute atomic E-state index is 15.1. The molecule has 7 heteroatoms. The fourth-order valence-corrected chi connectivity index (χ4v) is 3.57. The highest BCUT2D eigenvalue weighted by Gasteiger charge is 2.47. The fourth-order valence-electron chi connectivity index (χ4n) is 3.57. The van der Waals surface area contributed by atoms with Crippen LogP contribution in [0.4, 0.5) is 18.4 Å². The van der Waals surface area contributed by atoms with Gasteiger partial charge in [-0.25, -0.2) is 14.5 Å². The van der Waals surface area contributed by atoms with E-state index in [-0.39, 0.29) is 10.5 Å². The Kier molecular flexibility index (Phi) is 6.15. The largest absolute Gasteiger partial charge is 0.465 e. The monoisotopic (exact) mass is 402 g/mol. The van der Waals surface area contributed by atoms with Gasteiger partial charge in [-0.05, 0) is 37.3 Å². The zero-order chi connectivity index (χ0) is 21.0. The number of amides is 3. The Bertz CT molecular complexity index is 850. The van der Waals surface area contributed by atoms with Gasteiger partial charge in [-0.15, -0.1) is 0 Å². The first kappa shape index (κ1) is 20.8. The van der Waals surface area contributed by atoms with Crippen LogP contribution in [0.2, 0.25) is 0 Å². The van der Waals surface area contributed by atoms with Crippen molar-refractivity contribution in [3.8, 4) is 11.1 Å². The molecule has 5 nitrogen and oxygen atoms in total. The lowest BCUT2D eigenvalue weighted by Gasteiger charge is -2.36. The van der Waals surface area contributed by atoms with Crippen molar-refractivity contribution in [3.63, 3.8) is 0 Å². The Morgan fingerprint density at radius 3 is 2.07 bits per heavy atom. The van der Waals surface area contributed by atoms with Gasteiger partial charge in [-0.3, -0.25) is 0 Å². The molecular weight excluding hydrogens is 378 g/mol. The van der Waals surface area contributed by atoms with Gasteiger partial charge in [-0.2, -0.15) is 8.78 Å². The summed E-state index contributed by atoms with van der Waals surface area (Å²) in [5.74, 6) is -3.53. The van der Waals surface area contributed by atoms with Gasteiger partial charge >= 0.3 is 12.1 Å². The van der Waals surface area contributed by atoms with Gasteiger partial charge in [0.15, 0.2) is 0 Å². The number of carbonyl (C=O) groups is 2. The minimum Gasteiger partial charge on any atom is -0.465 e. The van der Waals surface area contributed by atoms with E-state index in [9.17, 15) is 14.7 Å². The van der Waals surface area contributed by atoms with Crippen molar-refractivity contribution in [2.24, 2.45) is 0 Å². The highest BCUT2D eigenvalue weighted by Crippen LogP contribution is 2.36. The summed E-state index contributed by atoms with van der Waals surface area (Å²) in [5.41, 5.74) is 1.34. The molecule has 1 aliphatic rings. The number of rotatable bonds is 4. The molecule has 3 rings (SSSR count). The Morgan fingerprint density at radius 1 is 0.966 bits per heavy atom. The van der Waals surface area contributed by atoms with Crippen LogP contribution in [0.25, 0.3) is 11.1 Å². The van der Waals surface area contributed by atoms with Crippen molar-refractivity contribution in [2.75, 3.05) is 13.1 Å². The van der Waals surface area contributed by atoms with Crippen LogP contribution in [0.3, 0.4) is 0 Å². The van der Waals surface area contributed by atoms with E-state index >= 15 is 8.78 Å². The molecule has 154 valence electrons. The molecule has 1 saturated heterocycles. The zero-order valence-corrected chi connectivity index (χ0v) is 16.2. The predicted octanol–water partition coefficient (Wildman–Crippen LogP) is 5.42. The second-order valence-electron chi connectivity index (χ2n) is 7.23. The number of imide groups is 1. The van der Waals surface area contributed by atoms with E-state index in [0.29, 0.717) is 13.1 Å². The summed E-state index contributed by atoms with van der Waals surface area (Å²) >= 11 is 0. The van der Waals surface area contributed by atoms with Gasteiger partial charge < -0.3 is 10.0 Å². The normalized spacial score (nSPS) is 15.6. The van der Waals surface area contributed by atoms with Crippen LogP contribution in [-0.4, -0.2) is 46.2 Å². The molecule has 0 aliphatic carbocycles. The minimum atomic E-state index is -3.53. The minimum absolute atomic E-state index is 0.260. The quantitative estimate of drug-likeness (QED) is 0.743. The zero-order valence-electron chi connectivity index (χ0n) is 16.2. The second kappa shape index (κ2) is 8.59. The SMILES string of the molecule is CC(N(C(=O)O)C(=O)N1CCCCC1)C(F)(F)c1ccc(-c2ccccc2)cc1. The average molecular weight is 402 g/mol. The average Bonchev–Trinajstić information content (AvgIpc) is 2.75. The molecule has 1 unspecified atom stereocenters. The summed E-state index contributed by atoms with van der Waals surface area (Å²) < 4.78 is 30.3. The summed E-state index contributed by atoms with van der Waals surface area (Å²) in [6.07, 6.45) is 0.750. The Labute approximate surface area is 168 Å². The fraction of sp³-hybridized carbons (Fsp3) is 0.364. The van der Waals surface area contributed by atoms with Gasteiger partial charge in [0, 0.05) is 18.7 Å². The number of hydrogen-bond donors (Lipinski definition) is 1. The summed E-state index contributed by atoms with van der Waals surface area (Å²) in [5, 5.41) is 9.49. The predicted molar refractivity (Wildman–Crippen MR) is 106 cm³/mol. The molecule has 0 bridgehead atoms. The van der Waals surface area contributed by atoms with Crippen molar-refractivity contribution >= 4 is 12.1 Å². The number of likely N-dealkylation sites (tertiary alicyclic amines) is 1. The van der Waals surface area contributed by atoms with E-state index in [1.807, 2.05) is 30.3 Å². The molecule has 1 heterocycles. The van der Waals surface area contributed by atoms with E-state index < -0.39 is 24.1 Å². The molecule has 1 N–H and O–H groups in total. The molecule has 1 fully saturated rings. The van der Waals surface area contributed by atoms with E-state index in [1.54, 1.807) is 12.1 Å². The maximum atomic E-state index is 15.1. The van der Waals surface area contributed by atoms with E-state index in [4.69, 9.17) is 0 Å². The first-order valence-electron chi connectivity index (χ1n) is 9.67. The van der Waals surface area contributed by atoms with Crippen molar-refractivity contribution in [1.82, 2.24) is 9.80 Å². The van der Waals surface area contributed by atoms with Crippen LogP contribution >= 0.6 is 0 Å². The standard InChI is InChI=1S/C22H24F2N2O3/c1-16(26(21(28)29)20(27)25-14-6-3-7-15-25)22(23,24)19-12-10-18(11-13-19)17-8-4-2-5-9-17/h2,4-5,8-13,16H,3,6-7,14-15H2,1H3,(H,28,29).